The summed E-state index contributed by atoms with van der Waals surface area (Å²) in [5.41, 5.74) is 7.71. The minimum absolute atomic E-state index is 0.123. The van der Waals surface area contributed by atoms with Gasteiger partial charge in [-0.05, 0) is 24.1 Å². The van der Waals surface area contributed by atoms with Gasteiger partial charge in [0.05, 0.1) is 12.7 Å². The van der Waals surface area contributed by atoms with E-state index in [0.717, 1.165) is 24.0 Å². The molecule has 0 saturated carbocycles. The molecule has 3 heteroatoms. The Hall–Kier alpha value is -0.900. The third-order valence-electron chi connectivity index (χ3n) is 3.08. The minimum atomic E-state index is -0.494. The molecule has 1 aromatic carbocycles. The summed E-state index contributed by atoms with van der Waals surface area (Å²) in [7, 11) is 1.66. The fourth-order valence-electron chi connectivity index (χ4n) is 2.14. The van der Waals surface area contributed by atoms with Gasteiger partial charge in [-0.3, -0.25) is 0 Å². The lowest BCUT2D eigenvalue weighted by Crippen LogP contribution is -2.22. The molecule has 0 fully saturated rings. The van der Waals surface area contributed by atoms with E-state index in [-0.39, 0.29) is 5.92 Å². The first-order chi connectivity index (χ1) is 8.24. The van der Waals surface area contributed by atoms with Crippen molar-refractivity contribution in [2.24, 2.45) is 11.7 Å². The minimum Gasteiger partial charge on any atom is -0.388 e. The van der Waals surface area contributed by atoms with Crippen LogP contribution in [0.2, 0.25) is 0 Å². The Bertz CT molecular complexity index is 328. The lowest BCUT2D eigenvalue weighted by molar-refractivity contribution is 0.102. The molecular weight excluding hydrogens is 214 g/mol. The Morgan fingerprint density at radius 3 is 2.65 bits per heavy atom. The van der Waals surface area contributed by atoms with Gasteiger partial charge in [0.15, 0.2) is 0 Å². The SMILES string of the molecule is CCCC(CN)C(O)c1ccccc1COC. The fraction of sp³-hybridized carbons (Fsp3) is 0.571. The molecule has 0 amide bonds. The molecule has 3 N–H and O–H groups in total. The van der Waals surface area contributed by atoms with Crippen LogP contribution in [0.1, 0.15) is 37.0 Å². The maximum atomic E-state index is 10.4. The summed E-state index contributed by atoms with van der Waals surface area (Å²) in [5, 5.41) is 10.4. The molecular formula is C14H23NO2. The van der Waals surface area contributed by atoms with Crippen molar-refractivity contribution >= 4 is 0 Å². The Labute approximate surface area is 104 Å². The van der Waals surface area contributed by atoms with E-state index in [9.17, 15) is 5.11 Å². The van der Waals surface area contributed by atoms with Crippen molar-refractivity contribution < 1.29 is 9.84 Å². The predicted molar refractivity (Wildman–Crippen MR) is 69.6 cm³/mol. The maximum absolute atomic E-state index is 10.4. The van der Waals surface area contributed by atoms with E-state index in [1.165, 1.54) is 0 Å². The molecule has 17 heavy (non-hydrogen) atoms. The number of hydrogen-bond donors (Lipinski definition) is 2. The molecule has 0 aliphatic heterocycles. The van der Waals surface area contributed by atoms with Gasteiger partial charge < -0.3 is 15.6 Å². The predicted octanol–water partition coefficient (Wildman–Crippen LogP) is 2.24. The molecule has 2 unspecified atom stereocenters. The van der Waals surface area contributed by atoms with Crippen molar-refractivity contribution in [1.29, 1.82) is 0 Å². The summed E-state index contributed by atoms with van der Waals surface area (Å²) >= 11 is 0. The second-order valence-corrected chi connectivity index (χ2v) is 4.36. The standard InChI is InChI=1S/C14H23NO2/c1-3-6-11(9-15)14(16)13-8-5-4-7-12(13)10-17-2/h4-5,7-8,11,14,16H,3,6,9-10,15H2,1-2H3. The van der Waals surface area contributed by atoms with Crippen LogP contribution >= 0.6 is 0 Å². The highest BCUT2D eigenvalue weighted by Gasteiger charge is 2.20. The second-order valence-electron chi connectivity index (χ2n) is 4.36. The van der Waals surface area contributed by atoms with Crippen molar-refractivity contribution in [2.45, 2.75) is 32.5 Å². The van der Waals surface area contributed by atoms with E-state index in [1.807, 2.05) is 24.3 Å². The molecule has 3 nitrogen and oxygen atoms in total. The average molecular weight is 237 g/mol. The van der Waals surface area contributed by atoms with Crippen LogP contribution in [0.5, 0.6) is 0 Å². The van der Waals surface area contributed by atoms with E-state index in [1.54, 1.807) is 7.11 Å². The number of hydrogen-bond acceptors (Lipinski definition) is 3. The van der Waals surface area contributed by atoms with E-state index < -0.39 is 6.10 Å². The van der Waals surface area contributed by atoms with Crippen LogP contribution in [0, 0.1) is 5.92 Å². The number of aliphatic hydroxyl groups is 1. The molecule has 0 saturated heterocycles. The first kappa shape index (κ1) is 14.2. The van der Waals surface area contributed by atoms with Gasteiger partial charge in [-0.2, -0.15) is 0 Å². The summed E-state index contributed by atoms with van der Waals surface area (Å²) in [6.07, 6.45) is 1.48. The van der Waals surface area contributed by atoms with Crippen molar-refractivity contribution in [3.8, 4) is 0 Å². The highest BCUT2D eigenvalue weighted by molar-refractivity contribution is 5.29. The summed E-state index contributed by atoms with van der Waals surface area (Å²) in [4.78, 5) is 0. The molecule has 0 heterocycles. The van der Waals surface area contributed by atoms with Crippen molar-refractivity contribution in [2.75, 3.05) is 13.7 Å². The first-order valence-electron chi connectivity index (χ1n) is 6.19. The highest BCUT2D eigenvalue weighted by atomic mass is 16.5. The smallest absolute Gasteiger partial charge is 0.0833 e. The lowest BCUT2D eigenvalue weighted by Gasteiger charge is -2.23. The van der Waals surface area contributed by atoms with E-state index in [4.69, 9.17) is 10.5 Å². The monoisotopic (exact) mass is 237 g/mol. The van der Waals surface area contributed by atoms with Gasteiger partial charge in [0.2, 0.25) is 0 Å². The molecule has 0 aromatic heterocycles. The van der Waals surface area contributed by atoms with Crippen molar-refractivity contribution in [3.63, 3.8) is 0 Å². The number of rotatable bonds is 7. The normalized spacial score (nSPS) is 14.6. The van der Waals surface area contributed by atoms with Gasteiger partial charge in [-0.25, -0.2) is 0 Å². The van der Waals surface area contributed by atoms with Gasteiger partial charge in [0.1, 0.15) is 0 Å². The quantitative estimate of drug-likeness (QED) is 0.764. The topological polar surface area (TPSA) is 55.5 Å². The second kappa shape index (κ2) is 7.43. The molecule has 1 rings (SSSR count). The molecule has 1 aromatic rings. The van der Waals surface area contributed by atoms with Gasteiger partial charge in [-0.1, -0.05) is 37.6 Å². The number of ether oxygens (including phenoxy) is 1. The Morgan fingerprint density at radius 1 is 1.35 bits per heavy atom. The summed E-state index contributed by atoms with van der Waals surface area (Å²) in [5.74, 6) is 0.123. The zero-order valence-electron chi connectivity index (χ0n) is 10.7. The van der Waals surface area contributed by atoms with Crippen LogP contribution < -0.4 is 5.73 Å². The average Bonchev–Trinajstić information content (AvgIpc) is 2.36. The van der Waals surface area contributed by atoms with E-state index in [2.05, 4.69) is 6.92 Å². The highest BCUT2D eigenvalue weighted by Crippen LogP contribution is 2.27. The van der Waals surface area contributed by atoms with Gasteiger partial charge >= 0.3 is 0 Å². The zero-order valence-corrected chi connectivity index (χ0v) is 10.7. The molecule has 0 bridgehead atoms. The molecule has 0 spiro atoms. The van der Waals surface area contributed by atoms with Gasteiger partial charge in [-0.15, -0.1) is 0 Å². The Balaban J connectivity index is 2.89. The van der Waals surface area contributed by atoms with Crippen LogP contribution in [0.15, 0.2) is 24.3 Å². The number of benzene rings is 1. The van der Waals surface area contributed by atoms with Crippen LogP contribution in [-0.4, -0.2) is 18.8 Å². The molecule has 0 aliphatic rings. The molecule has 0 radical (unpaired) electrons. The third kappa shape index (κ3) is 3.80. The number of aliphatic hydroxyl groups excluding tert-OH is 1. The molecule has 96 valence electrons. The Kier molecular flexibility index (Phi) is 6.19. The lowest BCUT2D eigenvalue weighted by atomic mass is 9.89. The van der Waals surface area contributed by atoms with Crippen LogP contribution in [0.3, 0.4) is 0 Å². The Morgan fingerprint density at radius 2 is 2.06 bits per heavy atom. The zero-order chi connectivity index (χ0) is 12.7. The molecule has 2 atom stereocenters. The van der Waals surface area contributed by atoms with Crippen molar-refractivity contribution in [3.05, 3.63) is 35.4 Å². The fourth-order valence-corrected chi connectivity index (χ4v) is 2.14. The van der Waals surface area contributed by atoms with E-state index in [0.29, 0.717) is 13.2 Å². The number of methoxy groups -OCH3 is 1. The van der Waals surface area contributed by atoms with E-state index >= 15 is 0 Å². The van der Waals surface area contributed by atoms with Crippen LogP contribution in [0.25, 0.3) is 0 Å². The van der Waals surface area contributed by atoms with Crippen LogP contribution in [0.4, 0.5) is 0 Å². The molecule has 0 aliphatic carbocycles. The largest absolute Gasteiger partial charge is 0.388 e. The van der Waals surface area contributed by atoms with Gasteiger partial charge in [0, 0.05) is 13.0 Å². The maximum Gasteiger partial charge on any atom is 0.0833 e. The summed E-state index contributed by atoms with van der Waals surface area (Å²) in [6.45, 7) is 3.14. The van der Waals surface area contributed by atoms with Crippen LogP contribution in [-0.2, 0) is 11.3 Å². The first-order valence-corrected chi connectivity index (χ1v) is 6.19. The summed E-state index contributed by atoms with van der Waals surface area (Å²) in [6, 6.07) is 7.85. The van der Waals surface area contributed by atoms with Crippen molar-refractivity contribution in [1.82, 2.24) is 0 Å². The summed E-state index contributed by atoms with van der Waals surface area (Å²) < 4.78 is 5.15. The third-order valence-corrected chi connectivity index (χ3v) is 3.08. The number of nitrogens with two attached hydrogens (primary N) is 1. The van der Waals surface area contributed by atoms with Gasteiger partial charge in [0.25, 0.3) is 0 Å².